The average molecular weight is 290 g/mol. The second kappa shape index (κ2) is 4.39. The van der Waals surface area contributed by atoms with E-state index in [0.29, 0.717) is 5.92 Å². The Morgan fingerprint density at radius 2 is 1.86 bits per heavy atom. The van der Waals surface area contributed by atoms with Crippen LogP contribution in [0.3, 0.4) is 0 Å². The zero-order valence-corrected chi connectivity index (χ0v) is 13.7. The second-order valence-electron chi connectivity index (χ2n) is 7.50. The SMILES string of the molecule is COc1ccc(OC)c(C2(O)C3(C)CCC(C3)C2(C)C)c1. The highest BCUT2D eigenvalue weighted by molar-refractivity contribution is 5.47. The van der Waals surface area contributed by atoms with Gasteiger partial charge in [0, 0.05) is 16.4 Å². The molecule has 3 heteroatoms. The lowest BCUT2D eigenvalue weighted by atomic mass is 9.57. The van der Waals surface area contributed by atoms with E-state index < -0.39 is 5.60 Å². The zero-order valence-electron chi connectivity index (χ0n) is 13.7. The van der Waals surface area contributed by atoms with Gasteiger partial charge in [0.25, 0.3) is 0 Å². The number of benzene rings is 1. The highest BCUT2D eigenvalue weighted by Gasteiger charge is 2.69. The molecule has 2 aliphatic carbocycles. The number of hydrogen-bond acceptors (Lipinski definition) is 3. The van der Waals surface area contributed by atoms with Gasteiger partial charge in [-0.25, -0.2) is 0 Å². The van der Waals surface area contributed by atoms with Crippen molar-refractivity contribution >= 4 is 0 Å². The van der Waals surface area contributed by atoms with E-state index in [1.165, 1.54) is 6.42 Å². The minimum absolute atomic E-state index is 0.0964. The molecule has 1 aromatic carbocycles. The Morgan fingerprint density at radius 1 is 1.14 bits per heavy atom. The van der Waals surface area contributed by atoms with E-state index in [-0.39, 0.29) is 10.8 Å². The fourth-order valence-corrected chi connectivity index (χ4v) is 5.03. The number of aliphatic hydroxyl groups is 1. The molecular formula is C18H26O3. The molecule has 0 aromatic heterocycles. The summed E-state index contributed by atoms with van der Waals surface area (Å²) >= 11 is 0. The molecule has 0 radical (unpaired) electrons. The molecule has 3 nitrogen and oxygen atoms in total. The van der Waals surface area contributed by atoms with Gasteiger partial charge < -0.3 is 14.6 Å². The third-order valence-electron chi connectivity index (χ3n) is 6.36. The molecule has 3 rings (SSSR count). The number of ether oxygens (including phenoxy) is 2. The van der Waals surface area contributed by atoms with Crippen LogP contribution in [0.2, 0.25) is 0 Å². The lowest BCUT2D eigenvalue weighted by Crippen LogP contribution is -2.51. The smallest absolute Gasteiger partial charge is 0.125 e. The predicted molar refractivity (Wildman–Crippen MR) is 82.7 cm³/mol. The van der Waals surface area contributed by atoms with Crippen LogP contribution in [0, 0.1) is 16.7 Å². The monoisotopic (exact) mass is 290 g/mol. The summed E-state index contributed by atoms with van der Waals surface area (Å²) in [7, 11) is 3.32. The lowest BCUT2D eigenvalue weighted by Gasteiger charge is -2.51. The van der Waals surface area contributed by atoms with E-state index in [2.05, 4.69) is 20.8 Å². The van der Waals surface area contributed by atoms with Crippen molar-refractivity contribution in [3.05, 3.63) is 23.8 Å². The third kappa shape index (κ3) is 1.64. The van der Waals surface area contributed by atoms with E-state index in [4.69, 9.17) is 9.47 Å². The van der Waals surface area contributed by atoms with E-state index >= 15 is 0 Å². The molecule has 1 N–H and O–H groups in total. The second-order valence-corrected chi connectivity index (χ2v) is 7.50. The Morgan fingerprint density at radius 3 is 2.38 bits per heavy atom. The van der Waals surface area contributed by atoms with Gasteiger partial charge in [-0.15, -0.1) is 0 Å². The van der Waals surface area contributed by atoms with Crippen molar-refractivity contribution in [3.8, 4) is 11.5 Å². The maximum Gasteiger partial charge on any atom is 0.125 e. The van der Waals surface area contributed by atoms with Crippen LogP contribution >= 0.6 is 0 Å². The number of methoxy groups -OCH3 is 2. The topological polar surface area (TPSA) is 38.7 Å². The van der Waals surface area contributed by atoms with Gasteiger partial charge in [0.1, 0.15) is 17.1 Å². The van der Waals surface area contributed by atoms with Gasteiger partial charge in [-0.1, -0.05) is 20.8 Å². The van der Waals surface area contributed by atoms with Gasteiger partial charge in [0.2, 0.25) is 0 Å². The van der Waals surface area contributed by atoms with Gasteiger partial charge in [-0.05, 0) is 43.4 Å². The minimum atomic E-state index is -0.886. The first-order chi connectivity index (χ1) is 9.80. The largest absolute Gasteiger partial charge is 0.497 e. The summed E-state index contributed by atoms with van der Waals surface area (Å²) in [6.45, 7) is 6.61. The van der Waals surface area contributed by atoms with Crippen molar-refractivity contribution in [2.75, 3.05) is 14.2 Å². The highest BCUT2D eigenvalue weighted by atomic mass is 16.5. The molecule has 0 spiro atoms. The van der Waals surface area contributed by atoms with Crippen LogP contribution in [0.15, 0.2) is 18.2 Å². The van der Waals surface area contributed by atoms with Crippen LogP contribution in [0.25, 0.3) is 0 Å². The molecular weight excluding hydrogens is 264 g/mol. The quantitative estimate of drug-likeness (QED) is 0.921. The number of fused-ring (bicyclic) bond motifs is 2. The van der Waals surface area contributed by atoms with Crippen LogP contribution in [0.4, 0.5) is 0 Å². The van der Waals surface area contributed by atoms with Crippen LogP contribution in [-0.4, -0.2) is 19.3 Å². The molecule has 0 heterocycles. The number of rotatable bonds is 3. The first-order valence-corrected chi connectivity index (χ1v) is 7.75. The van der Waals surface area contributed by atoms with Gasteiger partial charge in [0.15, 0.2) is 0 Å². The maximum atomic E-state index is 11.8. The average Bonchev–Trinajstić information content (AvgIpc) is 2.94. The van der Waals surface area contributed by atoms with Crippen LogP contribution in [0.1, 0.15) is 45.6 Å². The zero-order chi connectivity index (χ0) is 15.5. The summed E-state index contributed by atoms with van der Waals surface area (Å²) in [5, 5.41) is 11.8. The molecule has 0 aliphatic heterocycles. The maximum absolute atomic E-state index is 11.8. The molecule has 1 aromatic rings. The first-order valence-electron chi connectivity index (χ1n) is 7.75. The van der Waals surface area contributed by atoms with E-state index in [1.54, 1.807) is 14.2 Å². The van der Waals surface area contributed by atoms with Crippen LogP contribution in [0.5, 0.6) is 11.5 Å². The molecule has 116 valence electrons. The summed E-state index contributed by atoms with van der Waals surface area (Å²) in [6.07, 6.45) is 3.35. The molecule has 2 saturated carbocycles. The van der Waals surface area contributed by atoms with Gasteiger partial charge in [0.05, 0.1) is 14.2 Å². The molecule has 3 unspecified atom stereocenters. The molecule has 0 saturated heterocycles. The van der Waals surface area contributed by atoms with Gasteiger partial charge >= 0.3 is 0 Å². The Balaban J connectivity index is 2.22. The Bertz CT molecular complexity index is 559. The summed E-state index contributed by atoms with van der Waals surface area (Å²) in [6, 6.07) is 5.73. The van der Waals surface area contributed by atoms with Crippen molar-refractivity contribution in [3.63, 3.8) is 0 Å². The fraction of sp³-hybridized carbons (Fsp3) is 0.667. The van der Waals surface area contributed by atoms with E-state index in [0.717, 1.165) is 29.9 Å². The summed E-state index contributed by atoms with van der Waals surface area (Å²) in [5.74, 6) is 2.07. The first kappa shape index (κ1) is 14.7. The normalized spacial score (nSPS) is 36.8. The fourth-order valence-electron chi connectivity index (χ4n) is 5.03. The van der Waals surface area contributed by atoms with Crippen LogP contribution < -0.4 is 9.47 Å². The molecule has 2 bridgehead atoms. The van der Waals surface area contributed by atoms with Crippen molar-refractivity contribution in [1.82, 2.24) is 0 Å². The van der Waals surface area contributed by atoms with E-state index in [9.17, 15) is 5.11 Å². The standard InChI is InChI=1S/C18H26O3/c1-16(2)12-8-9-17(3,11-12)18(16,19)14-10-13(20-4)6-7-15(14)21-5/h6-7,10,12,19H,8-9,11H2,1-5H3. The Hall–Kier alpha value is -1.22. The summed E-state index contributed by atoms with van der Waals surface area (Å²) in [4.78, 5) is 0. The van der Waals surface area contributed by atoms with Crippen molar-refractivity contribution in [2.24, 2.45) is 16.7 Å². The van der Waals surface area contributed by atoms with Crippen molar-refractivity contribution in [1.29, 1.82) is 0 Å². The predicted octanol–water partition coefficient (Wildman–Crippen LogP) is 3.74. The minimum Gasteiger partial charge on any atom is -0.497 e. The molecule has 2 aliphatic rings. The molecule has 2 fully saturated rings. The van der Waals surface area contributed by atoms with E-state index in [1.807, 2.05) is 18.2 Å². The Labute approximate surface area is 127 Å². The van der Waals surface area contributed by atoms with Gasteiger partial charge in [-0.3, -0.25) is 0 Å². The van der Waals surface area contributed by atoms with Crippen LogP contribution in [-0.2, 0) is 5.60 Å². The Kier molecular flexibility index (Phi) is 3.07. The van der Waals surface area contributed by atoms with Gasteiger partial charge in [-0.2, -0.15) is 0 Å². The summed E-state index contributed by atoms with van der Waals surface area (Å²) < 4.78 is 10.9. The number of hydrogen-bond donors (Lipinski definition) is 1. The highest BCUT2D eigenvalue weighted by Crippen LogP contribution is 2.72. The van der Waals surface area contributed by atoms with Crippen molar-refractivity contribution in [2.45, 2.75) is 45.6 Å². The summed E-state index contributed by atoms with van der Waals surface area (Å²) in [5.41, 5.74) is -0.275. The molecule has 21 heavy (non-hydrogen) atoms. The van der Waals surface area contributed by atoms with Crippen molar-refractivity contribution < 1.29 is 14.6 Å². The third-order valence-corrected chi connectivity index (χ3v) is 6.36. The lowest BCUT2D eigenvalue weighted by molar-refractivity contribution is -0.151. The molecule has 3 atom stereocenters. The molecule has 0 amide bonds.